The maximum atomic E-state index is 6.04. The molecular weight excluding hydrogens is 274 g/mol. The van der Waals surface area contributed by atoms with E-state index < -0.39 is 0 Å². The highest BCUT2D eigenvalue weighted by atomic mass is 35.5. The summed E-state index contributed by atoms with van der Waals surface area (Å²) in [6, 6.07) is 11.3. The Morgan fingerprint density at radius 2 is 1.80 bits per heavy atom. The molecule has 0 fully saturated rings. The van der Waals surface area contributed by atoms with Crippen LogP contribution in [0.4, 0.5) is 5.69 Å². The van der Waals surface area contributed by atoms with Crippen LogP contribution in [0.3, 0.4) is 0 Å². The molecule has 1 aliphatic rings. The molecule has 0 amide bonds. The highest BCUT2D eigenvalue weighted by Crippen LogP contribution is 2.37. The number of halogens is 1. The van der Waals surface area contributed by atoms with Crippen molar-refractivity contribution in [2.24, 2.45) is 5.92 Å². The first-order chi connectivity index (χ1) is 9.63. The third kappa shape index (κ3) is 2.54. The Balaban J connectivity index is 2.02. The Labute approximate surface area is 123 Å². The molecule has 0 bridgehead atoms. The molecule has 20 heavy (non-hydrogen) atoms. The zero-order chi connectivity index (χ0) is 14.1. The molecule has 0 aliphatic carbocycles. The summed E-state index contributed by atoms with van der Waals surface area (Å²) in [5.41, 5.74) is 8.59. The van der Waals surface area contributed by atoms with Crippen molar-refractivity contribution >= 4 is 17.3 Å². The Morgan fingerprint density at radius 3 is 2.60 bits per heavy atom. The molecule has 2 N–H and O–H groups in total. The number of nitrogens with two attached hydrogens (primary N) is 1. The van der Waals surface area contributed by atoms with E-state index in [4.69, 9.17) is 26.8 Å². The second-order valence-electron chi connectivity index (χ2n) is 5.12. The van der Waals surface area contributed by atoms with Gasteiger partial charge in [0.05, 0.1) is 13.2 Å². The lowest BCUT2D eigenvalue weighted by Gasteiger charge is -2.11. The predicted octanol–water partition coefficient (Wildman–Crippen LogP) is 4.00. The van der Waals surface area contributed by atoms with Crippen molar-refractivity contribution in [1.29, 1.82) is 0 Å². The summed E-state index contributed by atoms with van der Waals surface area (Å²) in [5.74, 6) is 1.91. The Bertz CT molecular complexity index is 642. The molecule has 1 atom stereocenters. The fraction of sp³-hybridized carbons (Fsp3) is 0.250. The third-order valence-electron chi connectivity index (χ3n) is 3.32. The van der Waals surface area contributed by atoms with Crippen molar-refractivity contribution in [3.8, 4) is 22.6 Å². The van der Waals surface area contributed by atoms with E-state index in [-0.39, 0.29) is 0 Å². The third-order valence-corrected chi connectivity index (χ3v) is 3.55. The molecule has 0 saturated heterocycles. The van der Waals surface area contributed by atoms with Gasteiger partial charge in [-0.25, -0.2) is 0 Å². The molecule has 0 aromatic heterocycles. The number of hydrogen-bond donors (Lipinski definition) is 1. The van der Waals surface area contributed by atoms with Crippen LogP contribution in [0.1, 0.15) is 6.92 Å². The van der Waals surface area contributed by atoms with Gasteiger partial charge < -0.3 is 15.2 Å². The monoisotopic (exact) mass is 289 g/mol. The van der Waals surface area contributed by atoms with Crippen LogP contribution in [0, 0.1) is 5.92 Å². The molecule has 3 rings (SSSR count). The number of hydrogen-bond acceptors (Lipinski definition) is 3. The number of benzene rings is 2. The van der Waals surface area contributed by atoms with E-state index in [1.807, 2.05) is 30.3 Å². The van der Waals surface area contributed by atoms with Crippen molar-refractivity contribution in [3.05, 3.63) is 41.4 Å². The first-order valence-electron chi connectivity index (χ1n) is 6.58. The molecule has 2 aromatic rings. The average molecular weight is 290 g/mol. The number of nitrogen functional groups attached to an aromatic ring is 1. The lowest BCUT2D eigenvalue weighted by atomic mass is 10.0. The lowest BCUT2D eigenvalue weighted by Crippen LogP contribution is -2.12. The van der Waals surface area contributed by atoms with Crippen molar-refractivity contribution in [2.75, 3.05) is 18.9 Å². The molecule has 0 radical (unpaired) electrons. The standard InChI is InChI=1S/C16H16ClNO2/c1-10-8-19-15-5-2-11(6-16(15)20-9-10)13-7-12(17)3-4-14(13)18/h2-7,10H,8-9,18H2,1H3. The number of rotatable bonds is 1. The van der Waals surface area contributed by atoms with E-state index in [1.165, 1.54) is 0 Å². The van der Waals surface area contributed by atoms with E-state index in [0.29, 0.717) is 29.8 Å². The van der Waals surface area contributed by atoms with E-state index in [9.17, 15) is 0 Å². The second-order valence-corrected chi connectivity index (χ2v) is 5.56. The van der Waals surface area contributed by atoms with Gasteiger partial charge >= 0.3 is 0 Å². The molecule has 0 spiro atoms. The molecule has 1 unspecified atom stereocenters. The summed E-state index contributed by atoms with van der Waals surface area (Å²) in [6.45, 7) is 3.43. The first-order valence-corrected chi connectivity index (χ1v) is 6.96. The van der Waals surface area contributed by atoms with E-state index in [2.05, 4.69) is 6.92 Å². The van der Waals surface area contributed by atoms with Gasteiger partial charge in [-0.1, -0.05) is 24.6 Å². The van der Waals surface area contributed by atoms with Crippen LogP contribution >= 0.6 is 11.6 Å². The number of anilines is 1. The van der Waals surface area contributed by atoms with Crippen LogP contribution in [0.2, 0.25) is 5.02 Å². The van der Waals surface area contributed by atoms with Gasteiger partial charge in [-0.2, -0.15) is 0 Å². The van der Waals surface area contributed by atoms with Gasteiger partial charge in [-0.15, -0.1) is 0 Å². The summed E-state index contributed by atoms with van der Waals surface area (Å²) < 4.78 is 11.5. The predicted molar refractivity (Wildman–Crippen MR) is 81.5 cm³/mol. The van der Waals surface area contributed by atoms with E-state index in [0.717, 1.165) is 22.6 Å². The summed E-state index contributed by atoms with van der Waals surface area (Å²) in [7, 11) is 0. The van der Waals surface area contributed by atoms with Crippen molar-refractivity contribution < 1.29 is 9.47 Å². The van der Waals surface area contributed by atoms with Crippen LogP contribution in [0.5, 0.6) is 11.5 Å². The Hall–Kier alpha value is -1.87. The van der Waals surface area contributed by atoms with Crippen molar-refractivity contribution in [2.45, 2.75) is 6.92 Å². The summed E-state index contributed by atoms with van der Waals surface area (Å²) in [5, 5.41) is 0.662. The fourth-order valence-electron chi connectivity index (χ4n) is 2.20. The summed E-state index contributed by atoms with van der Waals surface area (Å²) in [6.07, 6.45) is 0. The van der Waals surface area contributed by atoms with E-state index >= 15 is 0 Å². The topological polar surface area (TPSA) is 44.5 Å². The quantitative estimate of drug-likeness (QED) is 0.807. The number of fused-ring (bicyclic) bond motifs is 1. The van der Waals surface area contributed by atoms with Gasteiger partial charge in [0.1, 0.15) is 0 Å². The summed E-state index contributed by atoms with van der Waals surface area (Å²) in [4.78, 5) is 0. The van der Waals surface area contributed by atoms with Gasteiger partial charge in [0.15, 0.2) is 11.5 Å². The molecule has 0 saturated carbocycles. The SMILES string of the molecule is CC1COc2ccc(-c3cc(Cl)ccc3N)cc2OC1. The molecule has 1 heterocycles. The van der Waals surface area contributed by atoms with Gasteiger partial charge in [-0.05, 0) is 35.9 Å². The van der Waals surface area contributed by atoms with Crippen LogP contribution in [0.25, 0.3) is 11.1 Å². The highest BCUT2D eigenvalue weighted by molar-refractivity contribution is 6.31. The van der Waals surface area contributed by atoms with Gasteiger partial charge in [-0.3, -0.25) is 0 Å². The molecule has 2 aromatic carbocycles. The largest absolute Gasteiger partial charge is 0.489 e. The lowest BCUT2D eigenvalue weighted by molar-refractivity contribution is 0.228. The Morgan fingerprint density at radius 1 is 1.05 bits per heavy atom. The minimum Gasteiger partial charge on any atom is -0.489 e. The molecule has 1 aliphatic heterocycles. The maximum absolute atomic E-state index is 6.04. The minimum absolute atomic E-state index is 0.377. The van der Waals surface area contributed by atoms with Crippen molar-refractivity contribution in [1.82, 2.24) is 0 Å². The molecule has 3 nitrogen and oxygen atoms in total. The van der Waals surface area contributed by atoms with Crippen LogP contribution in [-0.2, 0) is 0 Å². The van der Waals surface area contributed by atoms with Crippen LogP contribution < -0.4 is 15.2 Å². The zero-order valence-electron chi connectivity index (χ0n) is 11.2. The maximum Gasteiger partial charge on any atom is 0.161 e. The average Bonchev–Trinajstić information content (AvgIpc) is 2.63. The van der Waals surface area contributed by atoms with E-state index in [1.54, 1.807) is 6.07 Å². The van der Waals surface area contributed by atoms with Gasteiger partial charge in [0, 0.05) is 22.2 Å². The van der Waals surface area contributed by atoms with Crippen LogP contribution in [-0.4, -0.2) is 13.2 Å². The highest BCUT2D eigenvalue weighted by Gasteiger charge is 2.16. The molecular formula is C16H16ClNO2. The van der Waals surface area contributed by atoms with Crippen molar-refractivity contribution in [3.63, 3.8) is 0 Å². The fourth-order valence-corrected chi connectivity index (χ4v) is 2.37. The molecule has 4 heteroatoms. The van der Waals surface area contributed by atoms with Crippen LogP contribution in [0.15, 0.2) is 36.4 Å². The Kier molecular flexibility index (Phi) is 3.45. The van der Waals surface area contributed by atoms with Gasteiger partial charge in [0.2, 0.25) is 0 Å². The smallest absolute Gasteiger partial charge is 0.161 e. The second kappa shape index (κ2) is 5.25. The number of ether oxygens (including phenoxy) is 2. The molecule has 104 valence electrons. The first kappa shape index (κ1) is 13.1. The normalized spacial score (nSPS) is 17.6. The zero-order valence-corrected chi connectivity index (χ0v) is 12.0. The summed E-state index contributed by atoms with van der Waals surface area (Å²) >= 11 is 6.04. The van der Waals surface area contributed by atoms with Gasteiger partial charge in [0.25, 0.3) is 0 Å². The minimum atomic E-state index is 0.377.